The molecule has 1 N–H and O–H groups in total. The maximum Gasteiger partial charge on any atom is 0.305 e. The molecule has 1 aromatic rings. The molecule has 94 valence electrons. The minimum Gasteiger partial charge on any atom is -0.481 e. The average molecular weight is 265 g/mol. The molecule has 1 saturated heterocycles. The third-order valence-electron chi connectivity index (χ3n) is 2.64. The molecule has 1 aromatic carbocycles. The van der Waals surface area contributed by atoms with Crippen molar-refractivity contribution >= 4 is 34.6 Å². The van der Waals surface area contributed by atoms with Gasteiger partial charge in [-0.3, -0.25) is 14.4 Å². The van der Waals surface area contributed by atoms with Gasteiger partial charge in [0.2, 0.25) is 5.91 Å². The van der Waals surface area contributed by atoms with E-state index in [2.05, 4.69) is 0 Å². The lowest BCUT2D eigenvalue weighted by molar-refractivity contribution is -0.138. The van der Waals surface area contributed by atoms with Crippen molar-refractivity contribution in [2.75, 3.05) is 4.90 Å². The van der Waals surface area contributed by atoms with E-state index in [-0.39, 0.29) is 6.42 Å². The lowest BCUT2D eigenvalue weighted by atomic mass is 10.1. The van der Waals surface area contributed by atoms with Gasteiger partial charge in [0, 0.05) is 0 Å². The van der Waals surface area contributed by atoms with Crippen LogP contribution in [0.1, 0.15) is 12.0 Å². The number of hydrogen-bond acceptors (Lipinski definition) is 4. The predicted octanol–water partition coefficient (Wildman–Crippen LogP) is 2.04. The second-order valence-electron chi connectivity index (χ2n) is 3.93. The van der Waals surface area contributed by atoms with Crippen LogP contribution < -0.4 is 4.90 Å². The van der Waals surface area contributed by atoms with Crippen LogP contribution in [0.4, 0.5) is 10.5 Å². The van der Waals surface area contributed by atoms with Crippen LogP contribution in [0.25, 0.3) is 0 Å². The number of imide groups is 1. The number of carbonyl (C=O) groups excluding carboxylic acids is 2. The number of carbonyl (C=O) groups is 3. The first-order chi connectivity index (χ1) is 8.50. The molecule has 5 nitrogen and oxygen atoms in total. The van der Waals surface area contributed by atoms with Crippen molar-refractivity contribution in [2.45, 2.75) is 18.6 Å². The van der Waals surface area contributed by atoms with E-state index in [0.717, 1.165) is 22.2 Å². The summed E-state index contributed by atoms with van der Waals surface area (Å²) in [5.74, 6) is -1.54. The standard InChI is InChI=1S/C12H11NO4S/c1-7-4-2-3-5-8(7)13-11(16)9(6-10(14)15)18-12(13)17/h2-5,9H,6H2,1H3,(H,14,15)/t9-/m1/s1. The maximum atomic E-state index is 12.0. The smallest absolute Gasteiger partial charge is 0.305 e. The van der Waals surface area contributed by atoms with Gasteiger partial charge in [-0.15, -0.1) is 0 Å². The zero-order valence-corrected chi connectivity index (χ0v) is 10.4. The highest BCUT2D eigenvalue weighted by Gasteiger charge is 2.41. The Morgan fingerprint density at radius 3 is 2.67 bits per heavy atom. The molecule has 18 heavy (non-hydrogen) atoms. The number of carboxylic acid groups (broad SMARTS) is 1. The van der Waals surface area contributed by atoms with E-state index in [1.165, 1.54) is 0 Å². The molecule has 2 amide bonds. The number of anilines is 1. The predicted molar refractivity (Wildman–Crippen MR) is 67.7 cm³/mol. The van der Waals surface area contributed by atoms with Gasteiger partial charge in [0.25, 0.3) is 5.24 Å². The van der Waals surface area contributed by atoms with Gasteiger partial charge in [0.1, 0.15) is 5.25 Å². The van der Waals surface area contributed by atoms with Crippen molar-refractivity contribution in [2.24, 2.45) is 0 Å². The summed E-state index contributed by atoms with van der Waals surface area (Å²) in [5.41, 5.74) is 1.32. The lowest BCUT2D eigenvalue weighted by Gasteiger charge is -2.15. The highest BCUT2D eigenvalue weighted by molar-refractivity contribution is 8.15. The van der Waals surface area contributed by atoms with Crippen LogP contribution in [0, 0.1) is 6.92 Å². The van der Waals surface area contributed by atoms with Gasteiger partial charge in [0.15, 0.2) is 0 Å². The van der Waals surface area contributed by atoms with Gasteiger partial charge >= 0.3 is 5.97 Å². The summed E-state index contributed by atoms with van der Waals surface area (Å²) >= 11 is 0.770. The Hall–Kier alpha value is -1.82. The van der Waals surface area contributed by atoms with Crippen LogP contribution in [0.3, 0.4) is 0 Å². The van der Waals surface area contributed by atoms with Crippen LogP contribution in [0.5, 0.6) is 0 Å². The molecule has 1 heterocycles. The SMILES string of the molecule is Cc1ccccc1N1C(=O)S[C@H](CC(=O)O)C1=O. The largest absolute Gasteiger partial charge is 0.481 e. The fourth-order valence-electron chi connectivity index (χ4n) is 1.78. The van der Waals surface area contributed by atoms with Crippen LogP contribution in [-0.2, 0) is 9.59 Å². The number of aliphatic carboxylic acids is 1. The van der Waals surface area contributed by atoms with Gasteiger partial charge in [0.05, 0.1) is 12.1 Å². The summed E-state index contributed by atoms with van der Waals surface area (Å²) in [7, 11) is 0. The van der Waals surface area contributed by atoms with Gasteiger partial charge in [-0.25, -0.2) is 4.90 Å². The first kappa shape index (κ1) is 12.6. The highest BCUT2D eigenvalue weighted by atomic mass is 32.2. The average Bonchev–Trinajstić information content (AvgIpc) is 2.55. The molecule has 0 radical (unpaired) electrons. The number of aryl methyl sites for hydroxylation is 1. The Morgan fingerprint density at radius 1 is 1.39 bits per heavy atom. The number of benzene rings is 1. The Kier molecular flexibility index (Phi) is 3.38. The zero-order chi connectivity index (χ0) is 13.3. The number of carboxylic acids is 1. The quantitative estimate of drug-likeness (QED) is 0.905. The fourth-order valence-corrected chi connectivity index (χ4v) is 2.75. The minimum absolute atomic E-state index is 0.336. The summed E-state index contributed by atoms with van der Waals surface area (Å²) in [6.45, 7) is 1.80. The van der Waals surface area contributed by atoms with E-state index >= 15 is 0 Å². The lowest BCUT2D eigenvalue weighted by Crippen LogP contribution is -2.32. The second-order valence-corrected chi connectivity index (χ2v) is 5.08. The molecular weight excluding hydrogens is 254 g/mol. The van der Waals surface area contributed by atoms with E-state index in [9.17, 15) is 14.4 Å². The molecule has 0 unspecified atom stereocenters. The Labute approximate surface area is 108 Å². The summed E-state index contributed by atoms with van der Waals surface area (Å²) in [6.07, 6.45) is -0.336. The molecule has 1 atom stereocenters. The maximum absolute atomic E-state index is 12.0. The summed E-state index contributed by atoms with van der Waals surface area (Å²) in [5, 5.41) is 7.45. The number of rotatable bonds is 3. The molecular formula is C12H11NO4S. The van der Waals surface area contributed by atoms with Gasteiger partial charge in [-0.1, -0.05) is 18.2 Å². The first-order valence-electron chi connectivity index (χ1n) is 5.32. The fraction of sp³-hybridized carbons (Fsp3) is 0.250. The normalized spacial score (nSPS) is 19.4. The van der Waals surface area contributed by atoms with Gasteiger partial charge in [-0.2, -0.15) is 0 Å². The van der Waals surface area contributed by atoms with E-state index in [4.69, 9.17) is 5.11 Å². The Bertz CT molecular complexity index is 529. The van der Waals surface area contributed by atoms with E-state index in [0.29, 0.717) is 5.69 Å². The molecule has 0 saturated carbocycles. The van der Waals surface area contributed by atoms with Crippen molar-refractivity contribution in [3.8, 4) is 0 Å². The highest BCUT2D eigenvalue weighted by Crippen LogP contribution is 2.34. The Balaban J connectivity index is 2.30. The number of thioether (sulfide) groups is 1. The number of amides is 2. The molecule has 0 bridgehead atoms. The number of nitrogens with zero attached hydrogens (tertiary/aromatic N) is 1. The monoisotopic (exact) mass is 265 g/mol. The van der Waals surface area contributed by atoms with E-state index in [1.807, 2.05) is 6.07 Å². The van der Waals surface area contributed by atoms with Crippen molar-refractivity contribution in [3.63, 3.8) is 0 Å². The molecule has 1 fully saturated rings. The van der Waals surface area contributed by atoms with E-state index < -0.39 is 22.4 Å². The van der Waals surface area contributed by atoms with Crippen LogP contribution in [0.15, 0.2) is 24.3 Å². The molecule has 1 aliphatic heterocycles. The van der Waals surface area contributed by atoms with Gasteiger partial charge < -0.3 is 5.11 Å². The number of para-hydroxylation sites is 1. The van der Waals surface area contributed by atoms with Crippen LogP contribution >= 0.6 is 11.8 Å². The van der Waals surface area contributed by atoms with Crippen LogP contribution in [-0.4, -0.2) is 27.5 Å². The molecule has 0 aliphatic carbocycles. The van der Waals surface area contributed by atoms with E-state index in [1.54, 1.807) is 25.1 Å². The molecule has 0 aromatic heterocycles. The van der Waals surface area contributed by atoms with Crippen molar-refractivity contribution < 1.29 is 19.5 Å². The topological polar surface area (TPSA) is 74.7 Å². The van der Waals surface area contributed by atoms with Gasteiger partial charge in [-0.05, 0) is 30.3 Å². The first-order valence-corrected chi connectivity index (χ1v) is 6.20. The molecule has 1 aliphatic rings. The Morgan fingerprint density at radius 2 is 2.06 bits per heavy atom. The number of hydrogen-bond donors (Lipinski definition) is 1. The summed E-state index contributed by atoms with van der Waals surface area (Å²) < 4.78 is 0. The van der Waals surface area contributed by atoms with Crippen molar-refractivity contribution in [1.82, 2.24) is 0 Å². The molecule has 6 heteroatoms. The van der Waals surface area contributed by atoms with Crippen molar-refractivity contribution in [1.29, 1.82) is 0 Å². The molecule has 0 spiro atoms. The summed E-state index contributed by atoms with van der Waals surface area (Å²) in [4.78, 5) is 35.5. The van der Waals surface area contributed by atoms with Crippen LogP contribution in [0.2, 0.25) is 0 Å². The minimum atomic E-state index is -1.08. The summed E-state index contributed by atoms with van der Waals surface area (Å²) in [6, 6.07) is 7.02. The third kappa shape index (κ3) is 2.24. The molecule has 2 rings (SSSR count). The van der Waals surface area contributed by atoms with Crippen molar-refractivity contribution in [3.05, 3.63) is 29.8 Å². The second kappa shape index (κ2) is 4.81. The zero-order valence-electron chi connectivity index (χ0n) is 9.62. The third-order valence-corrected chi connectivity index (χ3v) is 3.67.